The first-order chi connectivity index (χ1) is 20.2. The van der Waals surface area contributed by atoms with E-state index in [4.69, 9.17) is 0 Å². The monoisotopic (exact) mass is 568 g/mol. The number of thioether (sulfide) groups is 2. The molecule has 0 bridgehead atoms. The molecule has 5 atom stereocenters. The minimum Gasteiger partial charge on any atom is -0.144 e. The lowest BCUT2D eigenvalue weighted by Gasteiger charge is -2.20. The predicted octanol–water partition coefficient (Wildman–Crippen LogP) is 8.60. The van der Waals surface area contributed by atoms with Crippen LogP contribution in [0.1, 0.15) is 47.3 Å². The fraction of sp³-hybridized carbons (Fsp3) is 0.282. The zero-order valence-electron chi connectivity index (χ0n) is 23.6. The second-order valence-corrected chi connectivity index (χ2v) is 15.0. The maximum Gasteiger partial charge on any atom is 0.0443 e. The van der Waals surface area contributed by atoms with E-state index >= 15 is 0 Å². The molecule has 0 spiro atoms. The topological polar surface area (TPSA) is 0 Å². The van der Waals surface area contributed by atoms with Crippen LogP contribution in [0.3, 0.4) is 0 Å². The van der Waals surface area contributed by atoms with Crippen LogP contribution in [0, 0.1) is 11.8 Å². The molecule has 4 aromatic carbocycles. The Labute approximate surface area is 252 Å². The van der Waals surface area contributed by atoms with E-state index in [-0.39, 0.29) is 0 Å². The minimum atomic E-state index is 0.580. The molecule has 41 heavy (non-hydrogen) atoms. The van der Waals surface area contributed by atoms with Crippen molar-refractivity contribution in [2.75, 3.05) is 0 Å². The molecule has 4 aromatic rings. The van der Waals surface area contributed by atoms with Crippen molar-refractivity contribution in [1.82, 2.24) is 0 Å². The van der Waals surface area contributed by atoms with Crippen molar-refractivity contribution in [2.45, 2.75) is 59.7 Å². The highest BCUT2D eigenvalue weighted by molar-refractivity contribution is 8.05. The number of fused-ring (bicyclic) bond motifs is 7. The average molecular weight is 569 g/mol. The van der Waals surface area contributed by atoms with Gasteiger partial charge in [-0.05, 0) is 93.6 Å². The average Bonchev–Trinajstić information content (AvgIpc) is 3.52. The quantitative estimate of drug-likeness (QED) is 0.228. The molecule has 204 valence electrons. The number of aryl methyl sites for hydroxylation is 3. The van der Waals surface area contributed by atoms with Crippen LogP contribution in [-0.4, -0.2) is 10.5 Å². The Morgan fingerprint density at radius 2 is 1.56 bits per heavy atom. The Morgan fingerprint density at radius 1 is 0.732 bits per heavy atom. The lowest BCUT2D eigenvalue weighted by atomic mass is 9.89. The van der Waals surface area contributed by atoms with Crippen molar-refractivity contribution < 1.29 is 0 Å². The molecule has 0 radical (unpaired) electrons. The number of rotatable bonds is 6. The van der Waals surface area contributed by atoms with Gasteiger partial charge in [-0.25, -0.2) is 0 Å². The van der Waals surface area contributed by atoms with Gasteiger partial charge in [0.2, 0.25) is 0 Å². The van der Waals surface area contributed by atoms with Crippen molar-refractivity contribution in [3.63, 3.8) is 0 Å². The zero-order valence-corrected chi connectivity index (χ0v) is 25.3. The van der Waals surface area contributed by atoms with Crippen molar-refractivity contribution >= 4 is 46.4 Å². The van der Waals surface area contributed by atoms with Crippen LogP contribution < -0.4 is 10.4 Å². The Morgan fingerprint density at radius 3 is 2.46 bits per heavy atom. The molecule has 0 N–H and O–H groups in total. The largest absolute Gasteiger partial charge is 0.144 e. The summed E-state index contributed by atoms with van der Waals surface area (Å²) in [5.74, 6) is 1.28. The fourth-order valence-corrected chi connectivity index (χ4v) is 10.9. The van der Waals surface area contributed by atoms with Crippen molar-refractivity contribution in [1.29, 1.82) is 0 Å². The zero-order chi connectivity index (χ0) is 27.3. The molecule has 4 aliphatic rings. The van der Waals surface area contributed by atoms with Gasteiger partial charge in [0.15, 0.2) is 0 Å². The van der Waals surface area contributed by atoms with Gasteiger partial charge in [0.1, 0.15) is 0 Å². The SMILES string of the molecule is CC1C=CC=C(CCc2ccc3c(c2)=CC2SC4c5cc6ccc(CCc7ccccc7)cc6cc5SC4C2C=3)C1. The molecule has 2 heterocycles. The molecular formula is C39H36S2. The van der Waals surface area contributed by atoms with Gasteiger partial charge in [0.05, 0.1) is 0 Å². The molecule has 0 saturated carbocycles. The number of hydrogen-bond acceptors (Lipinski definition) is 2. The Balaban J connectivity index is 1.00. The Kier molecular flexibility index (Phi) is 6.73. The van der Waals surface area contributed by atoms with E-state index in [0.717, 1.165) is 19.3 Å². The molecular weight excluding hydrogens is 533 g/mol. The van der Waals surface area contributed by atoms with Gasteiger partial charge < -0.3 is 0 Å². The minimum absolute atomic E-state index is 0.580. The van der Waals surface area contributed by atoms with E-state index in [0.29, 0.717) is 27.6 Å². The standard InChI is InChI=1S/C39H36S2/c1-25-6-5-9-27(18-25)12-13-29-15-17-31-22-35-37(24-33(31)20-29)41-38-34-21-30-16-14-28(11-10-26-7-3-2-4-8-26)19-32(30)23-36(34)40-39(35)38/h2-9,14-17,19-25,35,37-39H,10-13,18H2,1H3. The van der Waals surface area contributed by atoms with Crippen LogP contribution in [0.2, 0.25) is 0 Å². The summed E-state index contributed by atoms with van der Waals surface area (Å²) in [5, 5.41) is 7.48. The molecule has 2 aliphatic heterocycles. The molecule has 1 fully saturated rings. The van der Waals surface area contributed by atoms with Crippen LogP contribution >= 0.6 is 23.5 Å². The Bertz CT molecular complexity index is 1810. The van der Waals surface area contributed by atoms with E-state index in [1.165, 1.54) is 55.6 Å². The fourth-order valence-electron chi connectivity index (χ4n) is 7.24. The third-order valence-electron chi connectivity index (χ3n) is 9.47. The second-order valence-electron chi connectivity index (χ2n) is 12.4. The second kappa shape index (κ2) is 10.7. The maximum absolute atomic E-state index is 2.61. The van der Waals surface area contributed by atoms with Gasteiger partial charge in [-0.15, -0.1) is 23.5 Å². The van der Waals surface area contributed by atoms with E-state index < -0.39 is 0 Å². The first-order valence-corrected chi connectivity index (χ1v) is 17.1. The number of benzene rings is 4. The number of hydrogen-bond donors (Lipinski definition) is 0. The highest BCUT2D eigenvalue weighted by Crippen LogP contribution is 2.62. The van der Waals surface area contributed by atoms with Crippen LogP contribution in [0.15, 0.2) is 108 Å². The summed E-state index contributed by atoms with van der Waals surface area (Å²) in [6.45, 7) is 2.32. The first kappa shape index (κ1) is 25.7. The molecule has 0 amide bonds. The van der Waals surface area contributed by atoms with Gasteiger partial charge in [-0.2, -0.15) is 0 Å². The van der Waals surface area contributed by atoms with Crippen molar-refractivity contribution in [3.05, 3.63) is 135 Å². The van der Waals surface area contributed by atoms with Gasteiger partial charge in [-0.3, -0.25) is 0 Å². The maximum atomic E-state index is 2.61. The number of allylic oxidation sites excluding steroid dienone is 4. The summed E-state index contributed by atoms with van der Waals surface area (Å²) < 4.78 is 0. The molecule has 5 unspecified atom stereocenters. The smallest absolute Gasteiger partial charge is 0.0443 e. The van der Waals surface area contributed by atoms with E-state index in [9.17, 15) is 0 Å². The summed E-state index contributed by atoms with van der Waals surface area (Å²) in [6, 6.07) is 30.2. The summed E-state index contributed by atoms with van der Waals surface area (Å²) >= 11 is 4.35. The molecule has 0 nitrogen and oxygen atoms in total. The molecule has 2 heteroatoms. The van der Waals surface area contributed by atoms with Gasteiger partial charge in [0.25, 0.3) is 0 Å². The van der Waals surface area contributed by atoms with Gasteiger partial charge in [-0.1, -0.05) is 110 Å². The lowest BCUT2D eigenvalue weighted by Crippen LogP contribution is -2.35. The molecule has 8 rings (SSSR count). The normalized spacial score (nSPS) is 25.5. The molecule has 2 aliphatic carbocycles. The van der Waals surface area contributed by atoms with Crippen LogP contribution in [0.5, 0.6) is 0 Å². The summed E-state index contributed by atoms with van der Waals surface area (Å²) in [4.78, 5) is 1.51. The van der Waals surface area contributed by atoms with Gasteiger partial charge in [0, 0.05) is 26.6 Å². The summed E-state index contributed by atoms with van der Waals surface area (Å²) in [5.41, 5.74) is 7.50. The Hall–Kier alpha value is -2.94. The van der Waals surface area contributed by atoms with Crippen LogP contribution in [0.4, 0.5) is 0 Å². The van der Waals surface area contributed by atoms with Crippen LogP contribution in [-0.2, 0) is 19.3 Å². The van der Waals surface area contributed by atoms with E-state index in [2.05, 4.69) is 140 Å². The summed E-state index contributed by atoms with van der Waals surface area (Å²) in [6.07, 6.45) is 17.8. The predicted molar refractivity (Wildman–Crippen MR) is 179 cm³/mol. The third-order valence-corrected chi connectivity index (χ3v) is 12.7. The summed E-state index contributed by atoms with van der Waals surface area (Å²) in [7, 11) is 0. The van der Waals surface area contributed by atoms with E-state index in [1.807, 2.05) is 0 Å². The van der Waals surface area contributed by atoms with Crippen molar-refractivity contribution in [2.24, 2.45) is 11.8 Å². The first-order valence-electron chi connectivity index (χ1n) is 15.3. The molecule has 0 aromatic heterocycles. The highest BCUT2D eigenvalue weighted by Gasteiger charge is 2.48. The van der Waals surface area contributed by atoms with Gasteiger partial charge >= 0.3 is 0 Å². The lowest BCUT2D eigenvalue weighted by molar-refractivity contribution is 0.678. The van der Waals surface area contributed by atoms with Crippen LogP contribution in [0.25, 0.3) is 22.9 Å². The molecule has 1 saturated heterocycles. The highest BCUT2D eigenvalue weighted by atomic mass is 32.2. The third kappa shape index (κ3) is 5.04. The van der Waals surface area contributed by atoms with E-state index in [1.54, 1.807) is 11.1 Å². The van der Waals surface area contributed by atoms with Crippen molar-refractivity contribution in [3.8, 4) is 0 Å².